The molecule has 0 radical (unpaired) electrons. The van der Waals surface area contributed by atoms with Crippen molar-refractivity contribution >= 4 is 33.2 Å². The number of amides is 1. The maximum Gasteiger partial charge on any atom is 0.227 e. The fourth-order valence-electron chi connectivity index (χ4n) is 2.99. The quantitative estimate of drug-likeness (QED) is 0.844. The lowest BCUT2D eigenvalue weighted by Crippen LogP contribution is -2.35. The Labute approximate surface area is 139 Å². The molecule has 2 aromatic carbocycles. The zero-order chi connectivity index (χ0) is 15.5. The van der Waals surface area contributed by atoms with E-state index in [1.54, 1.807) is 0 Å². The topological polar surface area (TPSA) is 46.3 Å². The van der Waals surface area contributed by atoms with E-state index in [2.05, 4.69) is 28.1 Å². The van der Waals surface area contributed by atoms with Crippen molar-refractivity contribution in [2.45, 2.75) is 25.7 Å². The number of carbonyl (C=O) groups is 1. The van der Waals surface area contributed by atoms with E-state index in [-0.39, 0.29) is 5.91 Å². The predicted molar refractivity (Wildman–Crippen MR) is 94.0 cm³/mol. The van der Waals surface area contributed by atoms with Crippen molar-refractivity contribution in [2.24, 2.45) is 0 Å². The van der Waals surface area contributed by atoms with Crippen molar-refractivity contribution in [3.05, 3.63) is 58.1 Å². The molecule has 2 N–H and O–H groups in total. The van der Waals surface area contributed by atoms with Crippen LogP contribution in [0.15, 0.2) is 46.9 Å². The number of fused-ring (bicyclic) bond motifs is 1. The summed E-state index contributed by atoms with van der Waals surface area (Å²) in [7, 11) is 0. The summed E-state index contributed by atoms with van der Waals surface area (Å²) in [6.07, 6.45) is 3.21. The van der Waals surface area contributed by atoms with Crippen LogP contribution in [0.1, 0.15) is 24.0 Å². The Hall–Kier alpha value is -1.81. The Morgan fingerprint density at radius 2 is 2.05 bits per heavy atom. The molecule has 1 aliphatic rings. The molecule has 0 saturated carbocycles. The van der Waals surface area contributed by atoms with Crippen LogP contribution >= 0.6 is 15.9 Å². The summed E-state index contributed by atoms with van der Waals surface area (Å²) in [5, 5.41) is 0. The van der Waals surface area contributed by atoms with E-state index in [0.29, 0.717) is 6.42 Å². The van der Waals surface area contributed by atoms with Gasteiger partial charge in [0.15, 0.2) is 0 Å². The summed E-state index contributed by atoms with van der Waals surface area (Å²) in [4.78, 5) is 14.5. The highest BCUT2D eigenvalue weighted by Crippen LogP contribution is 2.31. The van der Waals surface area contributed by atoms with Gasteiger partial charge in [-0.1, -0.05) is 34.1 Å². The second-order valence-corrected chi connectivity index (χ2v) is 6.54. The number of halogens is 1. The predicted octanol–water partition coefficient (Wildman–Crippen LogP) is 3.94. The van der Waals surface area contributed by atoms with E-state index in [0.717, 1.165) is 47.2 Å². The number of carbonyl (C=O) groups excluding carboxylic acids is 1. The minimum absolute atomic E-state index is 0.173. The molecule has 0 atom stereocenters. The van der Waals surface area contributed by atoms with Gasteiger partial charge in [-0.25, -0.2) is 0 Å². The first-order chi connectivity index (χ1) is 10.6. The second-order valence-electron chi connectivity index (χ2n) is 5.62. The number of nitrogen functional groups attached to an aromatic ring is 1. The third-order valence-electron chi connectivity index (χ3n) is 4.10. The summed E-state index contributed by atoms with van der Waals surface area (Å²) in [6, 6.07) is 14.0. The van der Waals surface area contributed by atoms with Gasteiger partial charge in [-0.15, -0.1) is 0 Å². The Balaban J connectivity index is 1.73. The highest BCUT2D eigenvalue weighted by Gasteiger charge is 2.23. The first-order valence-electron chi connectivity index (χ1n) is 7.57. The minimum Gasteiger partial charge on any atom is -0.398 e. The Bertz CT molecular complexity index is 699. The van der Waals surface area contributed by atoms with Crippen molar-refractivity contribution in [1.29, 1.82) is 0 Å². The third-order valence-corrected chi connectivity index (χ3v) is 4.60. The molecule has 0 spiro atoms. The summed E-state index contributed by atoms with van der Waals surface area (Å²) in [6.45, 7) is 0.785. The van der Waals surface area contributed by atoms with Gasteiger partial charge in [0.1, 0.15) is 0 Å². The van der Waals surface area contributed by atoms with Crippen LogP contribution < -0.4 is 10.6 Å². The number of benzene rings is 2. The number of hydrogen-bond donors (Lipinski definition) is 1. The lowest BCUT2D eigenvalue weighted by atomic mass is 9.99. The van der Waals surface area contributed by atoms with Gasteiger partial charge in [0.2, 0.25) is 5.91 Å². The van der Waals surface area contributed by atoms with E-state index in [4.69, 9.17) is 5.73 Å². The lowest BCUT2D eigenvalue weighted by molar-refractivity contribution is -0.118. The van der Waals surface area contributed by atoms with Crippen LogP contribution in [-0.2, 0) is 17.6 Å². The zero-order valence-corrected chi connectivity index (χ0v) is 14.0. The van der Waals surface area contributed by atoms with Crippen LogP contribution in [0.3, 0.4) is 0 Å². The fourth-order valence-corrected chi connectivity index (χ4v) is 3.44. The van der Waals surface area contributed by atoms with E-state index >= 15 is 0 Å². The van der Waals surface area contributed by atoms with E-state index in [1.807, 2.05) is 35.2 Å². The summed E-state index contributed by atoms with van der Waals surface area (Å²) < 4.78 is 1.05. The van der Waals surface area contributed by atoms with Gasteiger partial charge in [0.25, 0.3) is 0 Å². The molecule has 0 aromatic heterocycles. The average Bonchev–Trinajstić information content (AvgIpc) is 2.53. The van der Waals surface area contributed by atoms with Gasteiger partial charge in [-0.3, -0.25) is 4.79 Å². The standard InChI is InChI=1S/C18H19BrN2O/c19-14-5-1-4-13(12-14)9-10-18(22)21-11-3-6-15-16(20)7-2-8-17(15)21/h1-2,4-5,7-8,12H,3,6,9-11,20H2. The van der Waals surface area contributed by atoms with Crippen molar-refractivity contribution in [3.63, 3.8) is 0 Å². The van der Waals surface area contributed by atoms with Gasteiger partial charge in [-0.05, 0) is 54.7 Å². The molecule has 114 valence electrons. The van der Waals surface area contributed by atoms with Crippen LogP contribution in [0.2, 0.25) is 0 Å². The van der Waals surface area contributed by atoms with Crippen molar-refractivity contribution in [3.8, 4) is 0 Å². The molecule has 2 aromatic rings. The van der Waals surface area contributed by atoms with Crippen molar-refractivity contribution < 1.29 is 4.79 Å². The van der Waals surface area contributed by atoms with Crippen LogP contribution in [0.4, 0.5) is 11.4 Å². The summed E-state index contributed by atoms with van der Waals surface area (Å²) >= 11 is 3.47. The van der Waals surface area contributed by atoms with Gasteiger partial charge >= 0.3 is 0 Å². The van der Waals surface area contributed by atoms with E-state index in [1.165, 1.54) is 5.56 Å². The Morgan fingerprint density at radius 3 is 2.86 bits per heavy atom. The van der Waals surface area contributed by atoms with E-state index in [9.17, 15) is 4.79 Å². The molecule has 1 heterocycles. The van der Waals surface area contributed by atoms with Crippen LogP contribution in [0, 0.1) is 0 Å². The SMILES string of the molecule is Nc1cccc2c1CCCN2C(=O)CCc1cccc(Br)c1. The molecule has 0 fully saturated rings. The van der Waals surface area contributed by atoms with Gasteiger partial charge in [0.05, 0.1) is 0 Å². The number of nitrogens with zero attached hydrogens (tertiary/aromatic N) is 1. The zero-order valence-electron chi connectivity index (χ0n) is 12.4. The maximum atomic E-state index is 12.6. The molecule has 4 heteroatoms. The number of nitrogens with two attached hydrogens (primary N) is 1. The molecule has 1 aliphatic heterocycles. The van der Waals surface area contributed by atoms with Crippen LogP contribution in [0.5, 0.6) is 0 Å². The maximum absolute atomic E-state index is 12.6. The molecular formula is C18H19BrN2O. The number of hydrogen-bond acceptors (Lipinski definition) is 2. The summed E-state index contributed by atoms with van der Waals surface area (Å²) in [5.41, 5.74) is 10.1. The highest BCUT2D eigenvalue weighted by molar-refractivity contribution is 9.10. The average molecular weight is 359 g/mol. The van der Waals surface area contributed by atoms with Crippen LogP contribution in [-0.4, -0.2) is 12.5 Å². The normalized spacial score (nSPS) is 13.8. The number of aryl methyl sites for hydroxylation is 1. The van der Waals surface area contributed by atoms with Gasteiger partial charge in [-0.2, -0.15) is 0 Å². The first-order valence-corrected chi connectivity index (χ1v) is 8.36. The number of anilines is 2. The molecule has 0 unspecified atom stereocenters. The molecule has 22 heavy (non-hydrogen) atoms. The van der Waals surface area contributed by atoms with Gasteiger partial charge < -0.3 is 10.6 Å². The highest BCUT2D eigenvalue weighted by atomic mass is 79.9. The van der Waals surface area contributed by atoms with Crippen LogP contribution in [0.25, 0.3) is 0 Å². The molecule has 3 rings (SSSR count). The lowest BCUT2D eigenvalue weighted by Gasteiger charge is -2.30. The molecule has 1 amide bonds. The van der Waals surface area contributed by atoms with Gasteiger partial charge in [0, 0.05) is 28.8 Å². The molecule has 0 saturated heterocycles. The Morgan fingerprint density at radius 1 is 1.23 bits per heavy atom. The largest absolute Gasteiger partial charge is 0.398 e. The van der Waals surface area contributed by atoms with Crippen molar-refractivity contribution in [1.82, 2.24) is 0 Å². The first kappa shape index (κ1) is 15.1. The third kappa shape index (κ3) is 3.17. The van der Waals surface area contributed by atoms with Crippen molar-refractivity contribution in [2.75, 3.05) is 17.2 Å². The van der Waals surface area contributed by atoms with E-state index < -0.39 is 0 Å². The smallest absolute Gasteiger partial charge is 0.227 e. The number of rotatable bonds is 3. The monoisotopic (exact) mass is 358 g/mol. The second kappa shape index (κ2) is 6.53. The fraction of sp³-hybridized carbons (Fsp3) is 0.278. The summed E-state index contributed by atoms with van der Waals surface area (Å²) in [5.74, 6) is 0.173. The Kier molecular flexibility index (Phi) is 4.48. The molecule has 0 bridgehead atoms. The molecular weight excluding hydrogens is 340 g/mol. The molecule has 0 aliphatic carbocycles. The molecule has 3 nitrogen and oxygen atoms in total. The minimum atomic E-state index is 0.173.